The Labute approximate surface area is 89.9 Å². The second kappa shape index (κ2) is 5.09. The lowest BCUT2D eigenvalue weighted by Crippen LogP contribution is -2.45. The van der Waals surface area contributed by atoms with Gasteiger partial charge in [0.2, 0.25) is 6.10 Å². The topological polar surface area (TPSA) is 46.5 Å². The third-order valence-electron chi connectivity index (χ3n) is 1.27. The number of ether oxygens (including phenoxy) is 1. The molecule has 0 aromatic rings. The number of rotatable bonds is 4. The predicted octanol–water partition coefficient (Wildman–Crippen LogP) is 2.19. The molecule has 0 aliphatic heterocycles. The first-order valence-corrected chi connectivity index (χ1v) is 4.01. The van der Waals surface area contributed by atoms with Gasteiger partial charge in [0.05, 0.1) is 6.61 Å². The summed E-state index contributed by atoms with van der Waals surface area (Å²) in [6.07, 6.45) is -15.4. The molecule has 0 heterocycles. The molecular formula is C6H5ClF6O3. The molecule has 1 N–H and O–H groups in total. The quantitative estimate of drug-likeness (QED) is 0.631. The van der Waals surface area contributed by atoms with Crippen molar-refractivity contribution in [2.24, 2.45) is 0 Å². The van der Waals surface area contributed by atoms with Crippen LogP contribution in [0.3, 0.4) is 0 Å². The number of hydrogen-bond donors (Lipinski definition) is 1. The van der Waals surface area contributed by atoms with Crippen LogP contribution in [-0.2, 0) is 9.53 Å². The monoisotopic (exact) mass is 274 g/mol. The molecular weight excluding hydrogens is 270 g/mol. The molecule has 16 heavy (non-hydrogen) atoms. The van der Waals surface area contributed by atoms with Gasteiger partial charge in [0.25, 0.3) is 0 Å². The summed E-state index contributed by atoms with van der Waals surface area (Å²) in [5.74, 6) is -1.77. The smallest absolute Gasteiger partial charge is 0.423 e. The van der Waals surface area contributed by atoms with Crippen molar-refractivity contribution in [1.29, 1.82) is 0 Å². The van der Waals surface area contributed by atoms with E-state index in [9.17, 15) is 31.1 Å². The van der Waals surface area contributed by atoms with Gasteiger partial charge in [-0.3, -0.25) is 4.79 Å². The summed E-state index contributed by atoms with van der Waals surface area (Å²) in [5.41, 5.74) is 0. The van der Waals surface area contributed by atoms with Crippen molar-refractivity contribution in [3.63, 3.8) is 0 Å². The molecule has 0 aromatic heterocycles. The minimum atomic E-state index is -5.67. The van der Waals surface area contributed by atoms with Crippen LogP contribution in [0.25, 0.3) is 0 Å². The molecule has 3 nitrogen and oxygen atoms in total. The maximum Gasteiger partial charge on any atom is 0.423 e. The largest absolute Gasteiger partial charge is 0.480 e. The molecule has 0 fully saturated rings. The summed E-state index contributed by atoms with van der Waals surface area (Å²) in [5, 5.41) is 6.15. The number of carboxylic acids is 1. The van der Waals surface area contributed by atoms with Crippen LogP contribution in [0.2, 0.25) is 0 Å². The van der Waals surface area contributed by atoms with Crippen LogP contribution in [0.15, 0.2) is 0 Å². The van der Waals surface area contributed by atoms with Crippen molar-refractivity contribution in [3.8, 4) is 0 Å². The van der Waals surface area contributed by atoms with Crippen LogP contribution >= 0.6 is 11.6 Å². The van der Waals surface area contributed by atoms with Crippen molar-refractivity contribution in [1.82, 2.24) is 0 Å². The summed E-state index contributed by atoms with van der Waals surface area (Å²) in [6.45, 7) is -1.40. The summed E-state index contributed by atoms with van der Waals surface area (Å²) in [6, 6.07) is 0. The van der Waals surface area contributed by atoms with Crippen LogP contribution in [0.4, 0.5) is 26.3 Å². The van der Waals surface area contributed by atoms with Crippen molar-refractivity contribution < 1.29 is 41.0 Å². The number of aliphatic carboxylic acids is 1. The SMILES string of the molecule is O=C(O)C(Cl)COC(C(F)(F)F)C(F)(F)F. The van der Waals surface area contributed by atoms with Crippen LogP contribution in [0.5, 0.6) is 0 Å². The Balaban J connectivity index is 4.54. The fourth-order valence-electron chi connectivity index (χ4n) is 0.627. The normalized spacial score (nSPS) is 15.2. The molecule has 0 radical (unpaired) electrons. The van der Waals surface area contributed by atoms with Gasteiger partial charge >= 0.3 is 18.3 Å². The van der Waals surface area contributed by atoms with E-state index in [1.54, 1.807) is 0 Å². The molecule has 96 valence electrons. The average Bonchev–Trinajstić information content (AvgIpc) is 1.98. The second-order valence-corrected chi connectivity index (χ2v) is 3.13. The minimum Gasteiger partial charge on any atom is -0.480 e. The molecule has 0 bridgehead atoms. The van der Waals surface area contributed by atoms with Crippen molar-refractivity contribution >= 4 is 17.6 Å². The zero-order valence-corrected chi connectivity index (χ0v) is 8.03. The van der Waals surface area contributed by atoms with E-state index < -0.39 is 36.4 Å². The number of carboxylic acid groups (broad SMARTS) is 1. The Kier molecular flexibility index (Phi) is 4.86. The third kappa shape index (κ3) is 4.88. The van der Waals surface area contributed by atoms with Crippen LogP contribution in [0, 0.1) is 0 Å². The molecule has 0 aromatic carbocycles. The molecule has 0 spiro atoms. The Bertz CT molecular complexity index is 236. The van der Waals surface area contributed by atoms with Gasteiger partial charge in [-0.1, -0.05) is 0 Å². The van der Waals surface area contributed by atoms with Crippen LogP contribution < -0.4 is 0 Å². The molecule has 1 unspecified atom stereocenters. The van der Waals surface area contributed by atoms with Crippen molar-refractivity contribution in [2.45, 2.75) is 23.8 Å². The van der Waals surface area contributed by atoms with Gasteiger partial charge in [-0.15, -0.1) is 11.6 Å². The summed E-state index contributed by atoms with van der Waals surface area (Å²) in [4.78, 5) is 10.0. The maximum absolute atomic E-state index is 11.8. The molecule has 10 heteroatoms. The molecule has 0 saturated carbocycles. The molecule has 0 aliphatic carbocycles. The molecule has 0 amide bonds. The zero-order chi connectivity index (χ0) is 13.1. The van der Waals surface area contributed by atoms with Crippen LogP contribution in [-0.4, -0.2) is 41.5 Å². The lowest BCUT2D eigenvalue weighted by molar-refractivity contribution is -0.321. The fraction of sp³-hybridized carbons (Fsp3) is 0.833. The number of carbonyl (C=O) groups is 1. The molecule has 0 saturated heterocycles. The van der Waals surface area contributed by atoms with Gasteiger partial charge in [-0.2, -0.15) is 26.3 Å². The highest BCUT2D eigenvalue weighted by Gasteiger charge is 2.58. The predicted molar refractivity (Wildman–Crippen MR) is 39.1 cm³/mol. The van der Waals surface area contributed by atoms with Crippen molar-refractivity contribution in [2.75, 3.05) is 6.61 Å². The standard InChI is InChI=1S/C6H5ClF6O3/c7-2(3(14)15)1-16-4(5(8,9)10)6(11,12)13/h2,4H,1H2,(H,14,15). The number of halogens is 7. The van der Waals surface area contributed by atoms with E-state index in [2.05, 4.69) is 4.74 Å². The molecule has 0 aliphatic rings. The van der Waals surface area contributed by atoms with E-state index in [-0.39, 0.29) is 0 Å². The van der Waals surface area contributed by atoms with Gasteiger partial charge < -0.3 is 9.84 Å². The summed E-state index contributed by atoms with van der Waals surface area (Å²) >= 11 is 4.90. The summed E-state index contributed by atoms with van der Waals surface area (Å²) < 4.78 is 74.4. The third-order valence-corrected chi connectivity index (χ3v) is 1.58. The fourth-order valence-corrected chi connectivity index (χ4v) is 0.699. The highest BCUT2D eigenvalue weighted by Crippen LogP contribution is 2.35. The molecule has 0 rings (SSSR count). The van der Waals surface area contributed by atoms with E-state index in [1.807, 2.05) is 0 Å². The Morgan fingerprint density at radius 3 is 1.81 bits per heavy atom. The lowest BCUT2D eigenvalue weighted by Gasteiger charge is -2.23. The lowest BCUT2D eigenvalue weighted by atomic mass is 10.3. The Morgan fingerprint density at radius 1 is 1.19 bits per heavy atom. The number of alkyl halides is 7. The van der Waals surface area contributed by atoms with Gasteiger partial charge in [0.15, 0.2) is 5.38 Å². The van der Waals surface area contributed by atoms with E-state index >= 15 is 0 Å². The minimum absolute atomic E-state index is 1.40. The number of hydrogen-bond acceptors (Lipinski definition) is 2. The first-order chi connectivity index (χ1) is 6.96. The Morgan fingerprint density at radius 2 is 1.56 bits per heavy atom. The first-order valence-electron chi connectivity index (χ1n) is 3.58. The van der Waals surface area contributed by atoms with Gasteiger partial charge in [-0.25, -0.2) is 0 Å². The van der Waals surface area contributed by atoms with E-state index in [1.165, 1.54) is 0 Å². The van der Waals surface area contributed by atoms with Gasteiger partial charge in [0, 0.05) is 0 Å². The highest BCUT2D eigenvalue weighted by molar-refractivity contribution is 6.29. The van der Waals surface area contributed by atoms with Gasteiger partial charge in [0.1, 0.15) is 0 Å². The van der Waals surface area contributed by atoms with E-state index in [0.717, 1.165) is 0 Å². The maximum atomic E-state index is 11.8. The first kappa shape index (κ1) is 15.3. The van der Waals surface area contributed by atoms with Crippen molar-refractivity contribution in [3.05, 3.63) is 0 Å². The van der Waals surface area contributed by atoms with Crippen LogP contribution in [0.1, 0.15) is 0 Å². The summed E-state index contributed by atoms with van der Waals surface area (Å²) in [7, 11) is 0. The second-order valence-electron chi connectivity index (χ2n) is 2.60. The van der Waals surface area contributed by atoms with E-state index in [0.29, 0.717) is 0 Å². The molecule has 1 atom stereocenters. The van der Waals surface area contributed by atoms with Gasteiger partial charge in [-0.05, 0) is 0 Å². The average molecular weight is 275 g/mol. The highest BCUT2D eigenvalue weighted by atomic mass is 35.5. The Hall–Kier alpha value is -0.700. The zero-order valence-electron chi connectivity index (χ0n) is 7.27. The van der Waals surface area contributed by atoms with E-state index in [4.69, 9.17) is 16.7 Å².